The molecule has 0 spiro atoms. The number of carboxylic acid groups (broad SMARTS) is 1. The van der Waals surface area contributed by atoms with Crippen LogP contribution in [-0.4, -0.2) is 38.2 Å². The van der Waals surface area contributed by atoms with E-state index in [4.69, 9.17) is 14.1 Å². The lowest BCUT2D eigenvalue weighted by Gasteiger charge is -2.06. The average Bonchev–Trinajstić information content (AvgIpc) is 3.45. The number of aromatic amines is 2. The fourth-order valence-corrected chi connectivity index (χ4v) is 3.87. The van der Waals surface area contributed by atoms with Crippen LogP contribution in [0.4, 0.5) is 0 Å². The van der Waals surface area contributed by atoms with E-state index in [-0.39, 0.29) is 11.3 Å². The number of aromatic nitrogens is 3. The van der Waals surface area contributed by atoms with Gasteiger partial charge in [0.15, 0.2) is 5.76 Å². The number of carboxylic acids is 1. The molecule has 0 amide bonds. The number of nitrogens with zero attached hydrogens (tertiary/aromatic N) is 1. The summed E-state index contributed by atoms with van der Waals surface area (Å²) in [7, 11) is 1.55. The fourth-order valence-electron chi connectivity index (χ4n) is 3.87. The van der Waals surface area contributed by atoms with Crippen LogP contribution < -0.4 is 10.2 Å². The number of aryl methyl sites for hydroxylation is 1. The second-order valence-electron chi connectivity index (χ2n) is 7.71. The monoisotopic (exact) mass is 457 g/mol. The van der Waals surface area contributed by atoms with Gasteiger partial charge in [0, 0.05) is 34.3 Å². The van der Waals surface area contributed by atoms with Crippen molar-refractivity contribution in [3.63, 3.8) is 0 Å². The van der Waals surface area contributed by atoms with Crippen LogP contribution in [0.1, 0.15) is 16.1 Å². The molecule has 3 heterocycles. The fraction of sp³-hybridized carbons (Fsp3) is 0.0800. The summed E-state index contributed by atoms with van der Waals surface area (Å²) in [5.41, 5.74) is 2.27. The van der Waals surface area contributed by atoms with Crippen LogP contribution in [0.2, 0.25) is 0 Å². The molecule has 0 aliphatic heterocycles. The van der Waals surface area contributed by atoms with E-state index >= 15 is 0 Å². The molecule has 0 aliphatic carbocycles. The van der Waals surface area contributed by atoms with Gasteiger partial charge in [0.2, 0.25) is 11.2 Å². The molecule has 0 unspecified atom stereocenters. The Hall–Kier alpha value is -4.79. The van der Waals surface area contributed by atoms with Crippen LogP contribution in [0.25, 0.3) is 45.0 Å². The molecule has 0 atom stereocenters. The minimum atomic E-state index is -1.04. The number of fused-ring (bicyclic) bond motifs is 1. The number of aromatic hydroxyl groups is 1. The predicted octanol–water partition coefficient (Wildman–Crippen LogP) is 4.57. The van der Waals surface area contributed by atoms with Crippen molar-refractivity contribution < 1.29 is 24.2 Å². The molecular formula is C25H19N3O6. The van der Waals surface area contributed by atoms with E-state index in [0.717, 1.165) is 5.52 Å². The quantitative estimate of drug-likeness (QED) is 0.303. The molecule has 0 saturated heterocycles. The molecule has 2 aromatic carbocycles. The molecule has 34 heavy (non-hydrogen) atoms. The lowest BCUT2D eigenvalue weighted by atomic mass is 10.1. The van der Waals surface area contributed by atoms with Crippen LogP contribution >= 0.6 is 0 Å². The van der Waals surface area contributed by atoms with Gasteiger partial charge in [-0.15, -0.1) is 0 Å². The zero-order valence-electron chi connectivity index (χ0n) is 18.2. The lowest BCUT2D eigenvalue weighted by Crippen LogP contribution is -2.01. The highest BCUT2D eigenvalue weighted by atomic mass is 16.5. The van der Waals surface area contributed by atoms with Crippen molar-refractivity contribution >= 4 is 16.9 Å². The highest BCUT2D eigenvalue weighted by molar-refractivity contribution is 6.00. The molecule has 4 N–H and O–H groups in total. The minimum absolute atomic E-state index is 0.0485. The third-order valence-electron chi connectivity index (χ3n) is 5.50. The van der Waals surface area contributed by atoms with Gasteiger partial charge >= 0.3 is 5.97 Å². The number of benzene rings is 2. The van der Waals surface area contributed by atoms with E-state index in [2.05, 4.69) is 9.97 Å². The number of hydrogen-bond acceptors (Lipinski definition) is 6. The highest BCUT2D eigenvalue weighted by Crippen LogP contribution is 2.38. The number of ether oxygens (including phenoxy) is 1. The Morgan fingerprint density at radius 1 is 1.15 bits per heavy atom. The maximum absolute atomic E-state index is 12.3. The maximum atomic E-state index is 12.3. The first-order valence-corrected chi connectivity index (χ1v) is 10.3. The van der Waals surface area contributed by atoms with Gasteiger partial charge in [-0.05, 0) is 37.3 Å². The average molecular weight is 457 g/mol. The van der Waals surface area contributed by atoms with Crippen LogP contribution in [0.15, 0.2) is 63.9 Å². The zero-order chi connectivity index (χ0) is 24.0. The molecule has 0 radical (unpaired) electrons. The van der Waals surface area contributed by atoms with Gasteiger partial charge in [-0.1, -0.05) is 12.1 Å². The van der Waals surface area contributed by atoms with Crippen molar-refractivity contribution in [3.8, 4) is 45.6 Å². The molecule has 0 aliphatic rings. The number of aromatic carboxylic acids is 1. The van der Waals surface area contributed by atoms with Crippen molar-refractivity contribution in [1.82, 2.24) is 15.0 Å². The van der Waals surface area contributed by atoms with E-state index in [1.54, 1.807) is 50.6 Å². The number of rotatable bonds is 5. The molecule has 0 fully saturated rings. The van der Waals surface area contributed by atoms with Crippen LogP contribution in [0.5, 0.6) is 11.5 Å². The normalized spacial score (nSPS) is 11.1. The summed E-state index contributed by atoms with van der Waals surface area (Å²) in [6, 6.07) is 13.1. The first kappa shape index (κ1) is 21.1. The third kappa shape index (κ3) is 3.49. The van der Waals surface area contributed by atoms with Gasteiger partial charge in [0.05, 0.1) is 12.7 Å². The predicted molar refractivity (Wildman–Crippen MR) is 125 cm³/mol. The molecule has 5 aromatic rings. The van der Waals surface area contributed by atoms with Crippen LogP contribution in [0, 0.1) is 6.92 Å². The summed E-state index contributed by atoms with van der Waals surface area (Å²) in [5.74, 6) is -0.322. The van der Waals surface area contributed by atoms with Crippen molar-refractivity contribution in [2.45, 2.75) is 6.92 Å². The smallest absolute Gasteiger partial charge is 0.335 e. The van der Waals surface area contributed by atoms with Gasteiger partial charge in [-0.3, -0.25) is 4.79 Å². The van der Waals surface area contributed by atoms with Crippen LogP contribution in [-0.2, 0) is 0 Å². The number of H-pyrrole nitrogens is 2. The first-order valence-electron chi connectivity index (χ1n) is 10.3. The van der Waals surface area contributed by atoms with Crippen LogP contribution in [0.3, 0.4) is 0 Å². The largest absolute Gasteiger partial charge is 0.501 e. The molecule has 9 nitrogen and oxygen atoms in total. The summed E-state index contributed by atoms with van der Waals surface area (Å²) < 4.78 is 11.1. The number of methoxy groups -OCH3 is 1. The molecule has 0 saturated carbocycles. The summed E-state index contributed by atoms with van der Waals surface area (Å²) in [5, 5.41) is 20.6. The van der Waals surface area contributed by atoms with E-state index in [9.17, 15) is 19.8 Å². The van der Waals surface area contributed by atoms with E-state index in [0.29, 0.717) is 45.2 Å². The second kappa shape index (κ2) is 7.96. The molecule has 5 rings (SSSR count). The number of hydrogen-bond donors (Lipinski definition) is 4. The standard InChI is InChI=1S/C25H19N3O6/c1-12-8-19(29)22(30)23(34-12)21-20(13-4-3-5-15(9-13)33-2)27-24(28-21)17-11-26-18-7-6-14(25(31)32)10-16(17)18/h3-11,26,30H,1-2H3,(H,27,28)(H,31,32). The van der Waals surface area contributed by atoms with Crippen molar-refractivity contribution in [2.75, 3.05) is 7.11 Å². The van der Waals surface area contributed by atoms with Gasteiger partial charge in [0.25, 0.3) is 0 Å². The number of nitrogens with one attached hydrogen (secondary N) is 2. The van der Waals surface area contributed by atoms with Gasteiger partial charge in [-0.25, -0.2) is 9.78 Å². The third-order valence-corrected chi connectivity index (χ3v) is 5.50. The Labute approximate surface area is 192 Å². The molecule has 0 bridgehead atoms. The van der Waals surface area contributed by atoms with Gasteiger partial charge < -0.3 is 29.3 Å². The van der Waals surface area contributed by atoms with E-state index in [1.807, 2.05) is 6.07 Å². The Balaban J connectivity index is 1.79. The maximum Gasteiger partial charge on any atom is 0.335 e. The first-order chi connectivity index (χ1) is 16.4. The number of imidazole rings is 1. The molecule has 9 heteroatoms. The lowest BCUT2D eigenvalue weighted by molar-refractivity contribution is 0.0697. The summed E-state index contributed by atoms with van der Waals surface area (Å²) >= 11 is 0. The topological polar surface area (TPSA) is 141 Å². The Morgan fingerprint density at radius 2 is 1.97 bits per heavy atom. The number of carbonyl (C=O) groups is 1. The zero-order valence-corrected chi connectivity index (χ0v) is 18.2. The van der Waals surface area contributed by atoms with E-state index < -0.39 is 17.1 Å². The Kier molecular flexibility index (Phi) is 4.94. The summed E-state index contributed by atoms with van der Waals surface area (Å²) in [6.45, 7) is 1.61. The van der Waals surface area contributed by atoms with E-state index in [1.165, 1.54) is 12.1 Å². The Morgan fingerprint density at radius 3 is 2.74 bits per heavy atom. The SMILES string of the molecule is COc1cccc(-c2nc(-c3c[nH]c4ccc(C(=O)O)cc34)[nH]c2-c2oc(C)cc(=O)c2O)c1. The van der Waals surface area contributed by atoms with Crippen molar-refractivity contribution in [1.29, 1.82) is 0 Å². The van der Waals surface area contributed by atoms with Gasteiger partial charge in [-0.2, -0.15) is 0 Å². The molecular weight excluding hydrogens is 438 g/mol. The minimum Gasteiger partial charge on any atom is -0.501 e. The van der Waals surface area contributed by atoms with Crippen molar-refractivity contribution in [2.24, 2.45) is 0 Å². The van der Waals surface area contributed by atoms with Gasteiger partial charge in [0.1, 0.15) is 28.7 Å². The summed E-state index contributed by atoms with van der Waals surface area (Å²) in [6.07, 6.45) is 1.71. The summed E-state index contributed by atoms with van der Waals surface area (Å²) in [4.78, 5) is 34.8. The molecule has 170 valence electrons. The second-order valence-corrected chi connectivity index (χ2v) is 7.71. The molecule has 3 aromatic heterocycles. The highest BCUT2D eigenvalue weighted by Gasteiger charge is 2.23. The van der Waals surface area contributed by atoms with Crippen molar-refractivity contribution in [3.05, 3.63) is 76.3 Å². The Bertz CT molecular complexity index is 1630.